The van der Waals surface area contributed by atoms with Crippen molar-refractivity contribution in [2.24, 2.45) is 0 Å². The third-order valence-electron chi connectivity index (χ3n) is 2.49. The summed E-state index contributed by atoms with van der Waals surface area (Å²) in [5.74, 6) is -0.284. The minimum Gasteiger partial charge on any atom is -0.465 e. The Hall–Kier alpha value is -1.57. The summed E-state index contributed by atoms with van der Waals surface area (Å²) in [4.78, 5) is 11.4. The molecule has 0 aliphatic carbocycles. The molecule has 2 nitrogen and oxygen atoms in total. The molecule has 0 radical (unpaired) electrons. The van der Waals surface area contributed by atoms with Crippen LogP contribution in [-0.2, 0) is 4.74 Å². The van der Waals surface area contributed by atoms with Crippen molar-refractivity contribution in [3.8, 4) is 0 Å². The van der Waals surface area contributed by atoms with Crippen molar-refractivity contribution in [3.05, 3.63) is 41.5 Å². The zero-order valence-electron chi connectivity index (χ0n) is 10.1. The van der Waals surface area contributed by atoms with Gasteiger partial charge in [-0.2, -0.15) is 0 Å². The summed E-state index contributed by atoms with van der Waals surface area (Å²) in [6.07, 6.45) is 4.17. The molecule has 1 aromatic rings. The molecule has 0 aliphatic rings. The Kier molecular flexibility index (Phi) is 4.77. The van der Waals surface area contributed by atoms with E-state index < -0.39 is 0 Å². The van der Waals surface area contributed by atoms with Crippen LogP contribution in [0.5, 0.6) is 0 Å². The second-order valence-corrected chi connectivity index (χ2v) is 3.56. The first-order chi connectivity index (χ1) is 7.72. The zero-order valence-corrected chi connectivity index (χ0v) is 10.1. The molecule has 2 heteroatoms. The second-order valence-electron chi connectivity index (χ2n) is 3.56. The van der Waals surface area contributed by atoms with Gasteiger partial charge in [0.05, 0.1) is 12.7 Å². The zero-order chi connectivity index (χ0) is 12.0. The molecule has 0 bridgehead atoms. The van der Waals surface area contributed by atoms with Gasteiger partial charge in [0.2, 0.25) is 0 Å². The average Bonchev–Trinajstić information content (AvgIpc) is 2.35. The predicted molar refractivity (Wildman–Crippen MR) is 66.3 cm³/mol. The number of methoxy groups -OCH3 is 1. The summed E-state index contributed by atoms with van der Waals surface area (Å²) in [6, 6.07) is 7.57. The number of carbonyl (C=O) groups is 1. The monoisotopic (exact) mass is 218 g/mol. The molecule has 0 atom stereocenters. The van der Waals surface area contributed by atoms with Crippen LogP contribution >= 0.6 is 0 Å². The Morgan fingerprint density at radius 1 is 1.31 bits per heavy atom. The van der Waals surface area contributed by atoms with Crippen LogP contribution in [-0.4, -0.2) is 13.1 Å². The average molecular weight is 218 g/mol. The maximum Gasteiger partial charge on any atom is 0.337 e. The highest BCUT2D eigenvalue weighted by molar-refractivity contribution is 5.90. The lowest BCUT2D eigenvalue weighted by molar-refractivity contribution is 0.0600. The van der Waals surface area contributed by atoms with Crippen molar-refractivity contribution in [2.45, 2.75) is 26.7 Å². The van der Waals surface area contributed by atoms with E-state index in [9.17, 15) is 4.79 Å². The van der Waals surface area contributed by atoms with Gasteiger partial charge < -0.3 is 4.74 Å². The number of ether oxygens (including phenoxy) is 1. The molecule has 86 valence electrons. The quantitative estimate of drug-likeness (QED) is 0.721. The van der Waals surface area contributed by atoms with E-state index in [-0.39, 0.29) is 5.97 Å². The third kappa shape index (κ3) is 2.96. The summed E-state index contributed by atoms with van der Waals surface area (Å²) in [7, 11) is 1.40. The van der Waals surface area contributed by atoms with Crippen LogP contribution in [0.25, 0.3) is 5.57 Å². The standard InChI is InChI=1S/C14H18O2/c1-4-7-11(5-2)12-8-6-9-13(10-12)14(15)16-3/h6-10H,4-5H2,1-3H3/b11-7+. The fourth-order valence-electron chi connectivity index (χ4n) is 1.68. The Morgan fingerprint density at radius 3 is 2.56 bits per heavy atom. The van der Waals surface area contributed by atoms with Gasteiger partial charge in [0.25, 0.3) is 0 Å². The lowest BCUT2D eigenvalue weighted by Gasteiger charge is -2.06. The van der Waals surface area contributed by atoms with Crippen LogP contribution < -0.4 is 0 Å². The largest absolute Gasteiger partial charge is 0.465 e. The number of rotatable bonds is 4. The van der Waals surface area contributed by atoms with Gasteiger partial charge >= 0.3 is 5.97 Å². The Labute approximate surface area is 96.9 Å². The van der Waals surface area contributed by atoms with Gasteiger partial charge in [-0.1, -0.05) is 32.1 Å². The highest BCUT2D eigenvalue weighted by Crippen LogP contribution is 2.20. The van der Waals surface area contributed by atoms with Gasteiger partial charge in [-0.25, -0.2) is 4.79 Å². The molecule has 0 saturated carbocycles. The number of carbonyl (C=O) groups excluding carboxylic acids is 1. The fraction of sp³-hybridized carbons (Fsp3) is 0.357. The molecule has 0 unspecified atom stereocenters. The molecule has 16 heavy (non-hydrogen) atoms. The number of benzene rings is 1. The molecular weight excluding hydrogens is 200 g/mol. The van der Waals surface area contributed by atoms with Gasteiger partial charge in [-0.3, -0.25) is 0 Å². The molecule has 0 fully saturated rings. The van der Waals surface area contributed by atoms with Gasteiger partial charge in [-0.05, 0) is 36.1 Å². The minimum absolute atomic E-state index is 0.284. The van der Waals surface area contributed by atoms with E-state index in [1.807, 2.05) is 18.2 Å². The van der Waals surface area contributed by atoms with Crippen LogP contribution in [0.1, 0.15) is 42.6 Å². The van der Waals surface area contributed by atoms with E-state index in [2.05, 4.69) is 19.9 Å². The Morgan fingerprint density at radius 2 is 2.00 bits per heavy atom. The topological polar surface area (TPSA) is 26.3 Å². The van der Waals surface area contributed by atoms with Crippen LogP contribution in [0.4, 0.5) is 0 Å². The second kappa shape index (κ2) is 6.11. The molecule has 1 aromatic carbocycles. The molecule has 0 aliphatic heterocycles. The normalized spacial score (nSPS) is 11.3. The molecule has 0 spiro atoms. The molecule has 0 saturated heterocycles. The SMILES string of the molecule is CC/C=C(\CC)c1cccc(C(=O)OC)c1. The van der Waals surface area contributed by atoms with E-state index in [4.69, 9.17) is 4.74 Å². The predicted octanol–water partition coefficient (Wildman–Crippen LogP) is 3.68. The highest BCUT2D eigenvalue weighted by Gasteiger charge is 2.06. The summed E-state index contributed by atoms with van der Waals surface area (Å²) in [5.41, 5.74) is 2.98. The third-order valence-corrected chi connectivity index (χ3v) is 2.49. The molecule has 1 rings (SSSR count). The van der Waals surface area contributed by atoms with E-state index in [0.29, 0.717) is 5.56 Å². The minimum atomic E-state index is -0.284. The van der Waals surface area contributed by atoms with E-state index >= 15 is 0 Å². The maximum absolute atomic E-state index is 11.4. The fourth-order valence-corrected chi connectivity index (χ4v) is 1.68. The smallest absolute Gasteiger partial charge is 0.337 e. The van der Waals surface area contributed by atoms with Crippen molar-refractivity contribution in [2.75, 3.05) is 7.11 Å². The Balaban J connectivity index is 3.06. The maximum atomic E-state index is 11.4. The van der Waals surface area contributed by atoms with Crippen molar-refractivity contribution in [1.82, 2.24) is 0 Å². The first-order valence-electron chi connectivity index (χ1n) is 5.60. The van der Waals surface area contributed by atoms with Gasteiger partial charge in [0, 0.05) is 0 Å². The molecule has 0 amide bonds. The van der Waals surface area contributed by atoms with Gasteiger partial charge in [-0.15, -0.1) is 0 Å². The number of hydrogen-bond donors (Lipinski definition) is 0. The number of esters is 1. The summed E-state index contributed by atoms with van der Waals surface area (Å²) in [6.45, 7) is 4.23. The van der Waals surface area contributed by atoms with Crippen molar-refractivity contribution < 1.29 is 9.53 Å². The first-order valence-corrected chi connectivity index (χ1v) is 5.60. The lowest BCUT2D eigenvalue weighted by Crippen LogP contribution is -2.01. The Bertz CT molecular complexity index is 391. The van der Waals surface area contributed by atoms with E-state index in [1.54, 1.807) is 6.07 Å². The summed E-state index contributed by atoms with van der Waals surface area (Å²) in [5, 5.41) is 0. The summed E-state index contributed by atoms with van der Waals surface area (Å²) >= 11 is 0. The van der Waals surface area contributed by atoms with Crippen LogP contribution in [0, 0.1) is 0 Å². The van der Waals surface area contributed by atoms with Crippen LogP contribution in [0.2, 0.25) is 0 Å². The number of allylic oxidation sites excluding steroid dienone is 2. The van der Waals surface area contributed by atoms with Gasteiger partial charge in [0.15, 0.2) is 0 Å². The molecular formula is C14H18O2. The molecule has 0 aromatic heterocycles. The first kappa shape index (κ1) is 12.5. The highest BCUT2D eigenvalue weighted by atomic mass is 16.5. The lowest BCUT2D eigenvalue weighted by atomic mass is 10.0. The van der Waals surface area contributed by atoms with E-state index in [0.717, 1.165) is 18.4 Å². The van der Waals surface area contributed by atoms with Gasteiger partial charge in [0.1, 0.15) is 0 Å². The van der Waals surface area contributed by atoms with Crippen LogP contribution in [0.3, 0.4) is 0 Å². The van der Waals surface area contributed by atoms with Crippen LogP contribution in [0.15, 0.2) is 30.3 Å². The van der Waals surface area contributed by atoms with E-state index in [1.165, 1.54) is 12.7 Å². The summed E-state index contributed by atoms with van der Waals surface area (Å²) < 4.78 is 4.71. The van der Waals surface area contributed by atoms with Crippen molar-refractivity contribution in [1.29, 1.82) is 0 Å². The molecule has 0 N–H and O–H groups in total. The number of hydrogen-bond acceptors (Lipinski definition) is 2. The van der Waals surface area contributed by atoms with Crippen molar-refractivity contribution in [3.63, 3.8) is 0 Å². The van der Waals surface area contributed by atoms with Crippen molar-refractivity contribution >= 4 is 11.5 Å². The molecule has 0 heterocycles.